The number of carbonyl (C=O) groups is 1. The van der Waals surface area contributed by atoms with E-state index < -0.39 is 23.2 Å². The van der Waals surface area contributed by atoms with Crippen molar-refractivity contribution in [2.75, 3.05) is 28.4 Å². The van der Waals surface area contributed by atoms with E-state index in [1.54, 1.807) is 13.2 Å². The van der Waals surface area contributed by atoms with E-state index in [-0.39, 0.29) is 112 Å². The number of benzene rings is 1. The van der Waals surface area contributed by atoms with Crippen molar-refractivity contribution >= 4 is 22.8 Å². The molecule has 16 atom stereocenters. The summed E-state index contributed by atoms with van der Waals surface area (Å²) in [5.74, 6) is 0.791. The van der Waals surface area contributed by atoms with E-state index in [9.17, 15) is 4.79 Å². The van der Waals surface area contributed by atoms with Crippen LogP contribution in [0.25, 0.3) is 0 Å². The van der Waals surface area contributed by atoms with Crippen molar-refractivity contribution in [1.82, 2.24) is 0 Å². The monoisotopic (exact) mass is 1100 g/mol. The third-order valence-corrected chi connectivity index (χ3v) is 27.5. The molecule has 76 heavy (non-hydrogen) atoms. The molecule has 0 aromatic heterocycles. The molecule has 4 aliphatic heterocycles. The highest BCUT2D eigenvalue weighted by molar-refractivity contribution is 6.74. The zero-order valence-corrected chi connectivity index (χ0v) is 53.2. The summed E-state index contributed by atoms with van der Waals surface area (Å²) in [7, 11) is 1.60. The maximum Gasteiger partial charge on any atom is 0.349 e. The number of ether oxygens (including phenoxy) is 8. The second-order valence-corrected chi connectivity index (χ2v) is 36.2. The molecule has 434 valence electrons. The fourth-order valence-corrected chi connectivity index (χ4v) is 19.0. The standard InChI is InChI=1S/C62H106O12Si2/c1-40(26-34-56(63)67-19)25-30-51(72-75(20,21)60(7,8)9)36-48-23-22-24-49(69-48)38-53(66-18)43(4)54-39-55(71-59(70-54)46-28-32-47(64-16)33-29-46)44(5)58-45(6)57(73-76(74-58,61(10,11)12)62(13,14)15)41(2)27-31-50-37-52(65-17)35-42(3)68-50/h22-23,25-26,28-29,32-34,41-45,48-55,57-59H,24,27,30-31,35-39H2,1-21H3/b34-26+,40-25+/t41-,42-,43+,44-,45-,48-,49-,50-,51-,52+,53-,54-,55+,57-,58-,59+/m0/s1. The number of carbonyl (C=O) groups excluding carboxylic acids is 1. The number of allylic oxidation sites excluding steroid dienone is 2. The number of methoxy groups -OCH3 is 4. The van der Waals surface area contributed by atoms with E-state index in [2.05, 4.69) is 140 Å². The summed E-state index contributed by atoms with van der Waals surface area (Å²) in [6, 6.07) is 8.07. The van der Waals surface area contributed by atoms with Crippen LogP contribution >= 0.6 is 0 Å². The van der Waals surface area contributed by atoms with Crippen LogP contribution in [0.1, 0.15) is 173 Å². The van der Waals surface area contributed by atoms with Crippen LogP contribution in [0.4, 0.5) is 0 Å². The lowest BCUT2D eigenvalue weighted by Gasteiger charge is -2.59. The number of hydrogen-bond acceptors (Lipinski definition) is 12. The van der Waals surface area contributed by atoms with E-state index in [0.717, 1.165) is 49.0 Å². The third-order valence-electron chi connectivity index (χ3n) is 17.8. The Bertz CT molecular complexity index is 2020. The molecule has 4 heterocycles. The van der Waals surface area contributed by atoms with Gasteiger partial charge in [-0.25, -0.2) is 4.79 Å². The van der Waals surface area contributed by atoms with Gasteiger partial charge in [-0.15, -0.1) is 0 Å². The zero-order chi connectivity index (χ0) is 56.6. The first-order chi connectivity index (χ1) is 35.5. The number of rotatable bonds is 22. The van der Waals surface area contributed by atoms with Crippen molar-refractivity contribution in [2.45, 2.75) is 263 Å². The molecule has 12 nitrogen and oxygen atoms in total. The molecule has 1 aromatic carbocycles. The van der Waals surface area contributed by atoms with Crippen LogP contribution in [-0.4, -0.2) is 118 Å². The molecule has 0 aliphatic carbocycles. The summed E-state index contributed by atoms with van der Waals surface area (Å²) < 4.78 is 73.0. The van der Waals surface area contributed by atoms with Crippen molar-refractivity contribution in [2.24, 2.45) is 23.7 Å². The maximum absolute atomic E-state index is 11.8. The molecule has 0 saturated carbocycles. The Morgan fingerprint density at radius 1 is 0.803 bits per heavy atom. The van der Waals surface area contributed by atoms with E-state index in [4.69, 9.17) is 51.2 Å². The average molecular weight is 1100 g/mol. The van der Waals surface area contributed by atoms with E-state index in [1.807, 2.05) is 33.3 Å². The molecule has 0 spiro atoms. The Labute approximate surface area is 463 Å². The van der Waals surface area contributed by atoms with Crippen LogP contribution in [0.2, 0.25) is 28.2 Å². The number of esters is 1. The predicted molar refractivity (Wildman–Crippen MR) is 309 cm³/mol. The lowest BCUT2D eigenvalue weighted by Crippen LogP contribution is -2.68. The van der Waals surface area contributed by atoms with Gasteiger partial charge in [0.05, 0.1) is 81.4 Å². The Morgan fingerprint density at radius 2 is 1.45 bits per heavy atom. The third kappa shape index (κ3) is 16.7. The van der Waals surface area contributed by atoms with Gasteiger partial charge in [0, 0.05) is 73.0 Å². The molecule has 0 radical (unpaired) electrons. The second kappa shape index (κ2) is 27.5. The highest BCUT2D eigenvalue weighted by Gasteiger charge is 2.65. The van der Waals surface area contributed by atoms with E-state index >= 15 is 0 Å². The molecule has 4 aliphatic rings. The summed E-state index contributed by atoms with van der Waals surface area (Å²) in [6.07, 6.45) is 16.4. The minimum absolute atomic E-state index is 0.000948. The fraction of sp³-hybridized carbons (Fsp3) is 0.790. The Hall–Kier alpha value is -2.22. The molecule has 0 amide bonds. The minimum Gasteiger partial charge on any atom is -0.497 e. The van der Waals surface area contributed by atoms with Crippen molar-refractivity contribution in [1.29, 1.82) is 0 Å². The van der Waals surface area contributed by atoms with Gasteiger partial charge in [0.1, 0.15) is 5.75 Å². The average Bonchev–Trinajstić information content (AvgIpc) is 3.36. The van der Waals surface area contributed by atoms with Crippen LogP contribution in [0.5, 0.6) is 5.75 Å². The molecule has 0 unspecified atom stereocenters. The van der Waals surface area contributed by atoms with Crippen LogP contribution in [0.15, 0.2) is 60.2 Å². The van der Waals surface area contributed by atoms with Crippen LogP contribution in [-0.2, 0) is 51.2 Å². The van der Waals surface area contributed by atoms with Crippen LogP contribution in [0.3, 0.4) is 0 Å². The van der Waals surface area contributed by atoms with Crippen LogP contribution < -0.4 is 4.74 Å². The van der Waals surface area contributed by atoms with E-state index in [1.165, 1.54) is 13.2 Å². The van der Waals surface area contributed by atoms with E-state index in [0.29, 0.717) is 25.7 Å². The predicted octanol–water partition coefficient (Wildman–Crippen LogP) is 14.6. The lowest BCUT2D eigenvalue weighted by atomic mass is 9.78. The summed E-state index contributed by atoms with van der Waals surface area (Å²) >= 11 is 0. The molecule has 1 aromatic rings. The van der Waals surface area contributed by atoms with Crippen molar-refractivity contribution in [3.8, 4) is 5.75 Å². The first kappa shape index (κ1) is 64.6. The first-order valence-corrected chi connectivity index (χ1v) is 33.6. The van der Waals surface area contributed by atoms with Crippen molar-refractivity contribution in [3.63, 3.8) is 0 Å². The molecular weight excluding hydrogens is 993 g/mol. The summed E-state index contributed by atoms with van der Waals surface area (Å²) in [4.78, 5) is 11.8. The Morgan fingerprint density at radius 3 is 2.04 bits per heavy atom. The van der Waals surface area contributed by atoms with Crippen molar-refractivity contribution < 1.29 is 56.0 Å². The van der Waals surface area contributed by atoms with Gasteiger partial charge in [0.25, 0.3) is 0 Å². The topological polar surface area (TPSA) is 119 Å². The quantitative estimate of drug-likeness (QED) is 0.0362. The molecule has 3 saturated heterocycles. The Balaban J connectivity index is 1.40. The highest BCUT2D eigenvalue weighted by atomic mass is 28.4. The second-order valence-electron chi connectivity index (χ2n) is 26.7. The molecule has 14 heteroatoms. The maximum atomic E-state index is 11.8. The Kier molecular flexibility index (Phi) is 23.4. The lowest BCUT2D eigenvalue weighted by molar-refractivity contribution is -0.280. The largest absolute Gasteiger partial charge is 0.497 e. The fourth-order valence-electron chi connectivity index (χ4n) is 12.3. The normalized spacial score (nSPS) is 31.1. The number of hydrogen-bond donors (Lipinski definition) is 0. The van der Waals surface area contributed by atoms with Crippen molar-refractivity contribution in [3.05, 3.63) is 65.8 Å². The summed E-state index contributed by atoms with van der Waals surface area (Å²) in [5, 5.41) is -0.388. The molecule has 0 N–H and O–H groups in total. The molecular formula is C62H106O12Si2. The van der Waals surface area contributed by atoms with Gasteiger partial charge in [-0.2, -0.15) is 0 Å². The van der Waals surface area contributed by atoms with Crippen LogP contribution in [0, 0.1) is 23.7 Å². The highest BCUT2D eigenvalue weighted by Crippen LogP contribution is 2.58. The molecule has 0 bridgehead atoms. The minimum atomic E-state index is -2.99. The molecule has 5 rings (SSSR count). The summed E-state index contributed by atoms with van der Waals surface area (Å²) in [5.41, 5.74) is 1.93. The van der Waals surface area contributed by atoms with Gasteiger partial charge >= 0.3 is 14.5 Å². The van der Waals surface area contributed by atoms with Gasteiger partial charge < -0.3 is 51.2 Å². The first-order valence-electron chi connectivity index (χ1n) is 28.9. The smallest absolute Gasteiger partial charge is 0.349 e. The molecule has 3 fully saturated rings. The van der Waals surface area contributed by atoms with Gasteiger partial charge in [0.15, 0.2) is 14.6 Å². The van der Waals surface area contributed by atoms with Gasteiger partial charge in [-0.1, -0.05) is 132 Å². The SMILES string of the molecule is COC(=O)/C=C/C(C)=C/C[C@@H](C[C@@H]1C=CC[C@@H](C[C@H](OC)[C@@H](C)[C@@H]2C[C@H]([C@H](C)[C@@H]3O[Si](C(C)(C)C)(C(C)(C)C)O[C@@H]([C@@H](C)CC[C@H]4C[C@H](OC)C[C@H](C)O4)[C@@H]3C)O[C@H](c3ccc(OC)cc3)O2)O1)O[Si](C)(C)C(C)(C)C. The van der Waals surface area contributed by atoms with Gasteiger partial charge in [-0.05, 0) is 88.6 Å². The summed E-state index contributed by atoms with van der Waals surface area (Å²) in [6.45, 7) is 38.9. The van der Waals surface area contributed by atoms with Gasteiger partial charge in [0.2, 0.25) is 0 Å². The van der Waals surface area contributed by atoms with Gasteiger partial charge in [-0.3, -0.25) is 0 Å². The zero-order valence-electron chi connectivity index (χ0n) is 51.2.